The van der Waals surface area contributed by atoms with Crippen LogP contribution in [-0.4, -0.2) is 20.0 Å². The van der Waals surface area contributed by atoms with Gasteiger partial charge in [-0.2, -0.15) is 5.10 Å². The second kappa shape index (κ2) is 7.24. The monoisotopic (exact) mass is 370 g/mol. The van der Waals surface area contributed by atoms with Gasteiger partial charge in [-0.1, -0.05) is 24.6 Å². The molecule has 0 aliphatic carbocycles. The number of aromatic hydroxyl groups is 2. The summed E-state index contributed by atoms with van der Waals surface area (Å²) in [6, 6.07) is 22.6. The summed E-state index contributed by atoms with van der Waals surface area (Å²) >= 11 is 0. The summed E-state index contributed by atoms with van der Waals surface area (Å²) in [7, 11) is 0. The van der Waals surface area contributed by atoms with Crippen LogP contribution in [0.3, 0.4) is 0 Å². The Labute approximate surface area is 164 Å². The highest BCUT2D eigenvalue weighted by Crippen LogP contribution is 2.35. The molecule has 28 heavy (non-hydrogen) atoms. The molecule has 0 saturated heterocycles. The van der Waals surface area contributed by atoms with Gasteiger partial charge in [-0.25, -0.2) is 4.68 Å². The topological polar surface area (TPSA) is 58.3 Å². The predicted octanol–water partition coefficient (Wildman–Crippen LogP) is 5.49. The first kappa shape index (κ1) is 17.9. The molecule has 0 bridgehead atoms. The van der Waals surface area contributed by atoms with Gasteiger partial charge in [0.25, 0.3) is 0 Å². The van der Waals surface area contributed by atoms with Crippen LogP contribution in [0.25, 0.3) is 28.2 Å². The van der Waals surface area contributed by atoms with Crippen molar-refractivity contribution in [1.82, 2.24) is 9.78 Å². The summed E-state index contributed by atoms with van der Waals surface area (Å²) in [5.41, 5.74) is 7.15. The van der Waals surface area contributed by atoms with Gasteiger partial charge in [-0.05, 0) is 74.0 Å². The van der Waals surface area contributed by atoms with E-state index in [4.69, 9.17) is 5.10 Å². The van der Waals surface area contributed by atoms with Crippen molar-refractivity contribution in [1.29, 1.82) is 0 Å². The van der Waals surface area contributed by atoms with Crippen molar-refractivity contribution in [2.45, 2.75) is 20.3 Å². The lowest BCUT2D eigenvalue weighted by molar-refractivity contribution is 0.475. The molecule has 1 heterocycles. The van der Waals surface area contributed by atoms with E-state index in [0.717, 1.165) is 40.2 Å². The molecule has 1 aromatic heterocycles. The number of nitrogens with zero attached hydrogens (tertiary/aromatic N) is 2. The first-order chi connectivity index (χ1) is 13.6. The van der Waals surface area contributed by atoms with Crippen LogP contribution >= 0.6 is 0 Å². The maximum atomic E-state index is 9.71. The highest BCUT2D eigenvalue weighted by molar-refractivity contribution is 5.76. The van der Waals surface area contributed by atoms with Gasteiger partial charge in [0.15, 0.2) is 0 Å². The number of rotatable bonds is 4. The zero-order valence-corrected chi connectivity index (χ0v) is 15.9. The third-order valence-corrected chi connectivity index (χ3v) is 4.90. The highest BCUT2D eigenvalue weighted by atomic mass is 16.3. The van der Waals surface area contributed by atoms with Crippen molar-refractivity contribution in [3.63, 3.8) is 0 Å². The molecule has 4 heteroatoms. The Balaban J connectivity index is 1.99. The van der Waals surface area contributed by atoms with E-state index in [1.54, 1.807) is 24.3 Å². The largest absolute Gasteiger partial charge is 0.508 e. The second-order valence-electron chi connectivity index (χ2n) is 6.87. The number of hydrogen-bond acceptors (Lipinski definition) is 3. The van der Waals surface area contributed by atoms with Crippen molar-refractivity contribution in [2.24, 2.45) is 0 Å². The fraction of sp³-hybridized carbons (Fsp3) is 0.125. The average Bonchev–Trinajstić information content (AvgIpc) is 3.09. The molecule has 140 valence electrons. The first-order valence-electron chi connectivity index (χ1n) is 9.34. The molecule has 4 nitrogen and oxygen atoms in total. The van der Waals surface area contributed by atoms with E-state index in [0.29, 0.717) is 0 Å². The Kier molecular flexibility index (Phi) is 4.62. The summed E-state index contributed by atoms with van der Waals surface area (Å²) in [4.78, 5) is 0. The number of aromatic nitrogens is 2. The fourth-order valence-electron chi connectivity index (χ4n) is 3.43. The summed E-state index contributed by atoms with van der Waals surface area (Å²) in [5.74, 6) is 0.473. The van der Waals surface area contributed by atoms with Gasteiger partial charge < -0.3 is 10.2 Å². The van der Waals surface area contributed by atoms with Gasteiger partial charge in [0.05, 0.1) is 17.1 Å². The van der Waals surface area contributed by atoms with E-state index in [9.17, 15) is 10.2 Å². The Morgan fingerprint density at radius 1 is 0.750 bits per heavy atom. The van der Waals surface area contributed by atoms with Crippen LogP contribution in [0.1, 0.15) is 18.1 Å². The van der Waals surface area contributed by atoms with Gasteiger partial charge in [-0.3, -0.25) is 0 Å². The van der Waals surface area contributed by atoms with Crippen LogP contribution in [0.15, 0.2) is 72.8 Å². The summed E-state index contributed by atoms with van der Waals surface area (Å²) in [6.07, 6.45) is 0.804. The normalized spacial score (nSPS) is 10.9. The van der Waals surface area contributed by atoms with Gasteiger partial charge in [0.2, 0.25) is 0 Å². The number of hydrogen-bond donors (Lipinski definition) is 2. The van der Waals surface area contributed by atoms with E-state index >= 15 is 0 Å². The molecular formula is C24H22N2O2. The van der Waals surface area contributed by atoms with E-state index < -0.39 is 0 Å². The van der Waals surface area contributed by atoms with Gasteiger partial charge >= 0.3 is 0 Å². The number of phenolic OH excluding ortho intramolecular Hbond substituents is 2. The molecule has 0 spiro atoms. The third-order valence-electron chi connectivity index (χ3n) is 4.90. The molecule has 3 aromatic carbocycles. The highest BCUT2D eigenvalue weighted by Gasteiger charge is 2.20. The molecule has 0 radical (unpaired) electrons. The zero-order valence-electron chi connectivity index (χ0n) is 15.9. The minimum Gasteiger partial charge on any atom is -0.508 e. The third kappa shape index (κ3) is 3.25. The van der Waals surface area contributed by atoms with Crippen LogP contribution in [0, 0.1) is 6.92 Å². The van der Waals surface area contributed by atoms with E-state index in [1.165, 1.54) is 5.56 Å². The molecule has 0 amide bonds. The van der Waals surface area contributed by atoms with Crippen LogP contribution in [0.4, 0.5) is 0 Å². The Morgan fingerprint density at radius 3 is 1.82 bits per heavy atom. The number of benzene rings is 3. The van der Waals surface area contributed by atoms with Gasteiger partial charge in [-0.15, -0.1) is 0 Å². The van der Waals surface area contributed by atoms with Crippen molar-refractivity contribution >= 4 is 0 Å². The molecule has 0 aliphatic heterocycles. The first-order valence-corrected chi connectivity index (χ1v) is 9.34. The lowest BCUT2D eigenvalue weighted by atomic mass is 9.99. The van der Waals surface area contributed by atoms with Crippen LogP contribution in [0.5, 0.6) is 11.5 Å². The van der Waals surface area contributed by atoms with Gasteiger partial charge in [0, 0.05) is 16.7 Å². The van der Waals surface area contributed by atoms with E-state index in [-0.39, 0.29) is 11.5 Å². The predicted molar refractivity (Wildman–Crippen MR) is 112 cm³/mol. The Morgan fingerprint density at radius 2 is 1.29 bits per heavy atom. The van der Waals surface area contributed by atoms with Crippen molar-refractivity contribution in [2.75, 3.05) is 0 Å². The minimum atomic E-state index is 0.235. The van der Waals surface area contributed by atoms with Crippen LogP contribution in [-0.2, 0) is 6.42 Å². The Bertz CT molecular complexity index is 1090. The minimum absolute atomic E-state index is 0.235. The summed E-state index contributed by atoms with van der Waals surface area (Å²) in [5, 5.41) is 24.3. The lowest BCUT2D eigenvalue weighted by Crippen LogP contribution is -2.00. The molecule has 0 atom stereocenters. The quantitative estimate of drug-likeness (QED) is 0.499. The van der Waals surface area contributed by atoms with Crippen LogP contribution < -0.4 is 0 Å². The second-order valence-corrected chi connectivity index (χ2v) is 6.87. The van der Waals surface area contributed by atoms with E-state index in [1.807, 2.05) is 28.9 Å². The maximum absolute atomic E-state index is 9.71. The average molecular weight is 370 g/mol. The molecular weight excluding hydrogens is 348 g/mol. The zero-order chi connectivity index (χ0) is 19.7. The molecule has 0 aliphatic rings. The lowest BCUT2D eigenvalue weighted by Gasteiger charge is -2.10. The molecule has 2 N–H and O–H groups in total. The smallest absolute Gasteiger partial charge is 0.115 e. The summed E-state index contributed by atoms with van der Waals surface area (Å²) in [6.45, 7) is 4.18. The maximum Gasteiger partial charge on any atom is 0.115 e. The van der Waals surface area contributed by atoms with Crippen molar-refractivity contribution in [3.05, 3.63) is 83.9 Å². The molecule has 4 rings (SSSR count). The van der Waals surface area contributed by atoms with Crippen molar-refractivity contribution < 1.29 is 10.2 Å². The van der Waals surface area contributed by atoms with E-state index in [2.05, 4.69) is 38.1 Å². The molecule has 0 unspecified atom stereocenters. The summed E-state index contributed by atoms with van der Waals surface area (Å²) < 4.78 is 1.97. The fourth-order valence-corrected chi connectivity index (χ4v) is 3.43. The standard InChI is InChI=1S/C24H22N2O2/c1-3-22-23(17-6-12-20(27)13-7-17)25-26(19-10-4-16(2)5-11-19)24(22)18-8-14-21(28)15-9-18/h4-15,27-28H,3H2,1-2H3. The van der Waals surface area contributed by atoms with Crippen molar-refractivity contribution in [3.8, 4) is 39.7 Å². The van der Waals surface area contributed by atoms with Crippen LogP contribution in [0.2, 0.25) is 0 Å². The SMILES string of the molecule is CCc1c(-c2ccc(O)cc2)nn(-c2ccc(C)cc2)c1-c1ccc(O)cc1. The molecule has 0 saturated carbocycles. The Hall–Kier alpha value is -3.53. The van der Waals surface area contributed by atoms with Gasteiger partial charge in [0.1, 0.15) is 11.5 Å². The molecule has 4 aromatic rings. The number of aryl methyl sites for hydroxylation is 1. The number of phenols is 2. The molecule has 0 fully saturated rings.